The molecule has 0 aliphatic carbocycles. The van der Waals surface area contributed by atoms with E-state index in [1.807, 2.05) is 0 Å². The van der Waals surface area contributed by atoms with E-state index in [0.29, 0.717) is 35.3 Å². The SMILES string of the molecule is COc1cc(N2CCC(Oc3ccc(N4N=C(C(F)(F)F)[C@@H](C)[C@@H]4CC(=O)O)cc3)C(F)C2)c(Cl)cn1. The number of rotatable bonds is 7. The number of hydrogen-bond acceptors (Lipinski definition) is 7. The molecule has 3 heterocycles. The van der Waals surface area contributed by atoms with Crippen molar-refractivity contribution in [3.63, 3.8) is 0 Å². The van der Waals surface area contributed by atoms with Crippen molar-refractivity contribution < 1.29 is 36.9 Å². The monoisotopic (exact) mass is 544 g/mol. The third-order valence-electron chi connectivity index (χ3n) is 6.44. The summed E-state index contributed by atoms with van der Waals surface area (Å²) in [5, 5.41) is 14.3. The van der Waals surface area contributed by atoms with E-state index in [1.54, 1.807) is 11.0 Å². The molecule has 13 heteroatoms. The van der Waals surface area contributed by atoms with Gasteiger partial charge in [0.1, 0.15) is 17.6 Å². The zero-order valence-corrected chi connectivity index (χ0v) is 20.7. The van der Waals surface area contributed by atoms with Crippen LogP contribution in [-0.4, -0.2) is 66.5 Å². The first-order chi connectivity index (χ1) is 17.5. The number of alkyl halides is 4. The summed E-state index contributed by atoms with van der Waals surface area (Å²) in [6, 6.07) is 6.60. The zero-order chi connectivity index (χ0) is 26.9. The minimum Gasteiger partial charge on any atom is -0.487 e. The van der Waals surface area contributed by atoms with E-state index in [-0.39, 0.29) is 12.2 Å². The third-order valence-corrected chi connectivity index (χ3v) is 6.73. The van der Waals surface area contributed by atoms with Crippen LogP contribution in [0.3, 0.4) is 0 Å². The fourth-order valence-electron chi connectivity index (χ4n) is 4.53. The summed E-state index contributed by atoms with van der Waals surface area (Å²) in [6.45, 7) is 1.81. The van der Waals surface area contributed by atoms with Gasteiger partial charge in [-0.1, -0.05) is 18.5 Å². The number of nitrogens with zero attached hydrogens (tertiary/aromatic N) is 4. The molecule has 1 fully saturated rings. The molecule has 4 atom stereocenters. The van der Waals surface area contributed by atoms with Gasteiger partial charge in [0.2, 0.25) is 5.88 Å². The summed E-state index contributed by atoms with van der Waals surface area (Å²) in [7, 11) is 1.47. The molecule has 1 aromatic carbocycles. The first kappa shape index (κ1) is 26.8. The summed E-state index contributed by atoms with van der Waals surface area (Å²) >= 11 is 6.23. The highest BCUT2D eigenvalue weighted by Gasteiger charge is 2.48. The average Bonchev–Trinajstić information content (AvgIpc) is 3.17. The highest BCUT2D eigenvalue weighted by atomic mass is 35.5. The van der Waals surface area contributed by atoms with Crippen molar-refractivity contribution in [3.8, 4) is 11.6 Å². The number of benzene rings is 1. The Hall–Kier alpha value is -3.28. The standard InChI is InChI=1S/C24H25ClF4N4O4/c1-13-18(10-22(34)35)33(31-23(13)24(27,28)29)14-3-5-15(6-4-14)37-20-7-8-32(12-17(20)26)19-9-21(36-2)30-11-16(19)25/h3-6,9,11,13,17-18,20H,7-8,10,12H2,1-2H3,(H,34,35)/t13-,17?,18-,20?/m0/s1. The van der Waals surface area contributed by atoms with Gasteiger partial charge in [-0.15, -0.1) is 0 Å². The number of carboxylic acid groups (broad SMARTS) is 1. The molecular weight excluding hydrogens is 520 g/mol. The van der Waals surface area contributed by atoms with Gasteiger partial charge < -0.3 is 19.5 Å². The van der Waals surface area contributed by atoms with E-state index in [0.717, 1.165) is 5.01 Å². The molecule has 2 unspecified atom stereocenters. The number of ether oxygens (including phenoxy) is 2. The summed E-state index contributed by atoms with van der Waals surface area (Å²) in [5.41, 5.74) is -0.149. The van der Waals surface area contributed by atoms with Gasteiger partial charge in [-0.3, -0.25) is 9.80 Å². The van der Waals surface area contributed by atoms with E-state index < -0.39 is 48.5 Å². The van der Waals surface area contributed by atoms with Crippen LogP contribution >= 0.6 is 11.6 Å². The molecule has 1 saturated heterocycles. The van der Waals surface area contributed by atoms with Crippen molar-refractivity contribution >= 4 is 34.7 Å². The molecule has 1 aromatic heterocycles. The Balaban J connectivity index is 1.44. The number of methoxy groups -OCH3 is 1. The first-order valence-electron chi connectivity index (χ1n) is 11.5. The summed E-state index contributed by atoms with van der Waals surface area (Å²) in [4.78, 5) is 17.1. The fraction of sp³-hybridized carbons (Fsp3) is 0.458. The number of anilines is 2. The second kappa shape index (κ2) is 10.6. The number of hydrazone groups is 1. The van der Waals surface area contributed by atoms with Crippen molar-refractivity contribution in [2.45, 2.75) is 44.3 Å². The first-order valence-corrected chi connectivity index (χ1v) is 11.9. The van der Waals surface area contributed by atoms with Gasteiger partial charge in [-0.25, -0.2) is 9.37 Å². The van der Waals surface area contributed by atoms with Crippen LogP contribution in [0.1, 0.15) is 19.8 Å². The quantitative estimate of drug-likeness (QED) is 0.493. The summed E-state index contributed by atoms with van der Waals surface area (Å²) < 4.78 is 66.1. The molecule has 2 aliphatic heterocycles. The van der Waals surface area contributed by atoms with E-state index in [1.165, 1.54) is 44.5 Å². The average molecular weight is 545 g/mol. The molecule has 2 aromatic rings. The van der Waals surface area contributed by atoms with Crippen molar-refractivity contribution in [2.75, 3.05) is 30.1 Å². The van der Waals surface area contributed by atoms with Crippen LogP contribution in [0.25, 0.3) is 0 Å². The number of piperidine rings is 1. The van der Waals surface area contributed by atoms with E-state index in [9.17, 15) is 23.1 Å². The van der Waals surface area contributed by atoms with Crippen LogP contribution < -0.4 is 19.4 Å². The molecule has 1 N–H and O–H groups in total. The Labute approximate surface area is 215 Å². The second-order valence-corrected chi connectivity index (χ2v) is 9.27. The van der Waals surface area contributed by atoms with Crippen LogP contribution in [0.15, 0.2) is 41.6 Å². The molecule has 0 spiro atoms. The number of aromatic nitrogens is 1. The Morgan fingerprint density at radius 1 is 1.27 bits per heavy atom. The van der Waals surface area contributed by atoms with Gasteiger partial charge in [0, 0.05) is 24.9 Å². The molecule has 4 rings (SSSR count). The number of pyridine rings is 1. The molecule has 2 aliphatic rings. The molecule has 200 valence electrons. The lowest BCUT2D eigenvalue weighted by atomic mass is 9.94. The van der Waals surface area contributed by atoms with Gasteiger partial charge in [-0.2, -0.15) is 18.3 Å². The van der Waals surface area contributed by atoms with Crippen LogP contribution in [-0.2, 0) is 4.79 Å². The minimum absolute atomic E-state index is 0.0348. The van der Waals surface area contributed by atoms with E-state index in [4.69, 9.17) is 21.1 Å². The Bertz CT molecular complexity index is 1160. The molecule has 0 amide bonds. The maximum atomic E-state index is 15.0. The third kappa shape index (κ3) is 5.84. The molecule has 0 bridgehead atoms. The second-order valence-electron chi connectivity index (χ2n) is 8.86. The smallest absolute Gasteiger partial charge is 0.431 e. The Morgan fingerprint density at radius 2 is 1.97 bits per heavy atom. The molecule has 0 radical (unpaired) electrons. The van der Waals surface area contributed by atoms with E-state index >= 15 is 4.39 Å². The molecule has 0 saturated carbocycles. The van der Waals surface area contributed by atoms with Gasteiger partial charge in [0.05, 0.1) is 48.7 Å². The summed E-state index contributed by atoms with van der Waals surface area (Å²) in [5.74, 6) is -1.67. The van der Waals surface area contributed by atoms with Crippen molar-refractivity contribution in [3.05, 3.63) is 41.6 Å². The maximum absolute atomic E-state index is 15.0. The maximum Gasteiger partial charge on any atom is 0.431 e. The predicted octanol–water partition coefficient (Wildman–Crippen LogP) is 4.96. The van der Waals surface area contributed by atoms with Crippen LogP contribution in [0, 0.1) is 5.92 Å². The highest BCUT2D eigenvalue weighted by molar-refractivity contribution is 6.33. The van der Waals surface area contributed by atoms with Crippen LogP contribution in [0.4, 0.5) is 28.9 Å². The van der Waals surface area contributed by atoms with Crippen molar-refractivity contribution in [2.24, 2.45) is 11.0 Å². The Kier molecular flexibility index (Phi) is 7.67. The molecular formula is C24H25ClF4N4O4. The number of hydrogen-bond donors (Lipinski definition) is 1. The fourth-order valence-corrected chi connectivity index (χ4v) is 4.76. The van der Waals surface area contributed by atoms with Gasteiger partial charge in [0.25, 0.3) is 0 Å². The van der Waals surface area contributed by atoms with Gasteiger partial charge >= 0.3 is 12.1 Å². The normalized spacial score (nSPS) is 24.1. The summed E-state index contributed by atoms with van der Waals surface area (Å²) in [6.07, 6.45) is -5.49. The topological polar surface area (TPSA) is 87.5 Å². The number of carboxylic acids is 1. The number of aliphatic carboxylic acids is 1. The van der Waals surface area contributed by atoms with Crippen LogP contribution in [0.5, 0.6) is 11.6 Å². The van der Waals surface area contributed by atoms with Crippen LogP contribution in [0.2, 0.25) is 5.02 Å². The molecule has 8 nitrogen and oxygen atoms in total. The van der Waals surface area contributed by atoms with Gasteiger partial charge in [-0.05, 0) is 24.3 Å². The lowest BCUT2D eigenvalue weighted by Gasteiger charge is -2.36. The Morgan fingerprint density at radius 3 is 2.57 bits per heavy atom. The predicted molar refractivity (Wildman–Crippen MR) is 130 cm³/mol. The van der Waals surface area contributed by atoms with Crippen molar-refractivity contribution in [1.29, 1.82) is 0 Å². The minimum atomic E-state index is -4.68. The number of carbonyl (C=O) groups is 1. The lowest BCUT2D eigenvalue weighted by Crippen LogP contribution is -2.47. The van der Waals surface area contributed by atoms with Gasteiger partial charge in [0.15, 0.2) is 6.17 Å². The van der Waals surface area contributed by atoms with E-state index in [2.05, 4.69) is 10.1 Å². The van der Waals surface area contributed by atoms with Crippen molar-refractivity contribution in [1.82, 2.24) is 4.98 Å². The lowest BCUT2D eigenvalue weighted by molar-refractivity contribution is -0.137. The number of halogens is 5. The largest absolute Gasteiger partial charge is 0.487 e. The zero-order valence-electron chi connectivity index (χ0n) is 20.0. The molecule has 37 heavy (non-hydrogen) atoms. The highest BCUT2D eigenvalue weighted by Crippen LogP contribution is 2.37.